The van der Waals surface area contributed by atoms with Crippen molar-refractivity contribution in [3.8, 4) is 0 Å². The van der Waals surface area contributed by atoms with Crippen molar-refractivity contribution >= 4 is 17.7 Å². The molecule has 0 aromatic heterocycles. The highest BCUT2D eigenvalue weighted by atomic mass is 16.6. The number of carbonyl (C=O) groups is 2. The number of nitro benzene ring substituents is 1. The van der Waals surface area contributed by atoms with Crippen molar-refractivity contribution in [3.05, 3.63) is 39.9 Å². The number of fused-ring (bicyclic) bond motifs is 1. The third kappa shape index (κ3) is 2.41. The summed E-state index contributed by atoms with van der Waals surface area (Å²) >= 11 is 0. The normalized spacial score (nSPS) is 29.6. The van der Waals surface area contributed by atoms with Gasteiger partial charge in [0.05, 0.1) is 11.0 Å². The topological polar surface area (TPSA) is 108 Å². The van der Waals surface area contributed by atoms with Crippen molar-refractivity contribution in [2.45, 2.75) is 25.2 Å². The van der Waals surface area contributed by atoms with Gasteiger partial charge < -0.3 is 20.4 Å². The molecule has 9 nitrogen and oxygen atoms in total. The average Bonchev–Trinajstić information content (AvgIpc) is 2.54. The zero-order valence-corrected chi connectivity index (χ0v) is 13.6. The van der Waals surface area contributed by atoms with Gasteiger partial charge in [-0.1, -0.05) is 12.1 Å². The first-order valence-corrected chi connectivity index (χ1v) is 7.62. The molecule has 2 N–H and O–H groups in total. The lowest BCUT2D eigenvalue weighted by atomic mass is 9.81. The second kappa shape index (κ2) is 5.66. The van der Waals surface area contributed by atoms with Crippen LogP contribution in [-0.2, 0) is 0 Å². The van der Waals surface area contributed by atoms with Gasteiger partial charge in [0.25, 0.3) is 5.69 Å². The van der Waals surface area contributed by atoms with Gasteiger partial charge in [-0.15, -0.1) is 0 Å². The minimum atomic E-state index is -0.457. The summed E-state index contributed by atoms with van der Waals surface area (Å²) in [5.74, 6) is -0.100. The number of amides is 4. The number of nitrogens with one attached hydrogen (secondary N) is 2. The van der Waals surface area contributed by atoms with E-state index >= 15 is 0 Å². The van der Waals surface area contributed by atoms with Gasteiger partial charge in [-0.25, -0.2) is 9.59 Å². The highest BCUT2D eigenvalue weighted by molar-refractivity contribution is 5.80. The molecule has 4 atom stereocenters. The van der Waals surface area contributed by atoms with E-state index in [1.165, 1.54) is 17.0 Å². The van der Waals surface area contributed by atoms with Crippen LogP contribution in [-0.4, -0.2) is 53.1 Å². The first-order chi connectivity index (χ1) is 11.3. The van der Waals surface area contributed by atoms with E-state index < -0.39 is 11.1 Å². The average molecular weight is 333 g/mol. The van der Waals surface area contributed by atoms with Crippen LogP contribution in [0.3, 0.4) is 0 Å². The first kappa shape index (κ1) is 16.0. The van der Waals surface area contributed by atoms with Crippen LogP contribution in [0.4, 0.5) is 15.3 Å². The van der Waals surface area contributed by atoms with Crippen molar-refractivity contribution in [2.75, 3.05) is 14.1 Å². The van der Waals surface area contributed by atoms with Crippen LogP contribution in [0.2, 0.25) is 0 Å². The number of urea groups is 2. The number of benzene rings is 1. The van der Waals surface area contributed by atoms with Gasteiger partial charge in [-0.05, 0) is 12.5 Å². The molecular formula is C15H19N5O4. The predicted octanol–water partition coefficient (Wildman–Crippen LogP) is 1.28. The number of carbonyl (C=O) groups excluding carboxylic acids is 2. The number of rotatable bonds is 2. The summed E-state index contributed by atoms with van der Waals surface area (Å²) in [5, 5.41) is 16.6. The summed E-state index contributed by atoms with van der Waals surface area (Å²) in [6, 6.07) is 5.20. The summed E-state index contributed by atoms with van der Waals surface area (Å²) in [7, 11) is 3.32. The SMILES string of the molecule is C[C@@H]1NC(=O)N(C)[C@@H]2NC(=O)N(C)[C@H](c3ccc([N+](=O)[O-])cc3)[C@@H]12. The zero-order chi connectivity index (χ0) is 17.6. The molecule has 2 fully saturated rings. The van der Waals surface area contributed by atoms with Crippen molar-refractivity contribution in [1.82, 2.24) is 20.4 Å². The maximum Gasteiger partial charge on any atom is 0.319 e. The molecule has 2 aliphatic heterocycles. The molecule has 0 aliphatic carbocycles. The number of nitrogens with zero attached hydrogens (tertiary/aromatic N) is 3. The summed E-state index contributed by atoms with van der Waals surface area (Å²) < 4.78 is 0. The van der Waals surface area contributed by atoms with E-state index in [2.05, 4.69) is 10.6 Å². The fraction of sp³-hybridized carbons (Fsp3) is 0.467. The second-order valence-corrected chi connectivity index (χ2v) is 6.23. The molecule has 0 radical (unpaired) electrons. The Kier molecular flexibility index (Phi) is 3.78. The number of non-ortho nitro benzene ring substituents is 1. The van der Waals surface area contributed by atoms with E-state index in [1.54, 1.807) is 31.1 Å². The smallest absolute Gasteiger partial charge is 0.319 e. The Morgan fingerprint density at radius 2 is 1.62 bits per heavy atom. The van der Waals surface area contributed by atoms with Crippen LogP contribution < -0.4 is 10.6 Å². The standard InChI is InChI=1S/C15H19N5O4/c1-8-11-12(9-4-6-10(7-5-9)20(23)24)18(2)15(22)17-13(11)19(3)14(21)16-8/h4-8,11-13H,1-3H3,(H,16,21)(H,17,22)/t8-,11+,12+,13-/m0/s1. The highest BCUT2D eigenvalue weighted by Crippen LogP contribution is 2.38. The van der Waals surface area contributed by atoms with Crippen LogP contribution in [0.25, 0.3) is 0 Å². The fourth-order valence-electron chi connectivity index (χ4n) is 3.54. The molecule has 1 aromatic rings. The lowest BCUT2D eigenvalue weighted by Crippen LogP contribution is -2.71. The summed E-state index contributed by atoms with van der Waals surface area (Å²) in [6.07, 6.45) is -0.433. The zero-order valence-electron chi connectivity index (χ0n) is 13.6. The number of nitro groups is 1. The molecule has 4 amide bonds. The minimum Gasteiger partial charge on any atom is -0.335 e. The molecular weight excluding hydrogens is 314 g/mol. The number of hydrogen-bond acceptors (Lipinski definition) is 4. The Bertz CT molecular complexity index is 692. The van der Waals surface area contributed by atoms with Gasteiger partial charge in [0.1, 0.15) is 6.17 Å². The minimum absolute atomic E-state index is 0.000303. The quantitative estimate of drug-likeness (QED) is 0.628. The molecule has 2 saturated heterocycles. The van der Waals surface area contributed by atoms with Crippen molar-refractivity contribution in [2.24, 2.45) is 5.92 Å². The molecule has 24 heavy (non-hydrogen) atoms. The molecule has 1 aromatic carbocycles. The van der Waals surface area contributed by atoms with Crippen molar-refractivity contribution in [1.29, 1.82) is 0 Å². The van der Waals surface area contributed by atoms with E-state index in [0.29, 0.717) is 0 Å². The second-order valence-electron chi connectivity index (χ2n) is 6.23. The molecule has 0 spiro atoms. The Labute approximate surface area is 138 Å². The molecule has 2 aliphatic rings. The van der Waals surface area contributed by atoms with Gasteiger partial charge >= 0.3 is 12.1 Å². The van der Waals surface area contributed by atoms with Gasteiger partial charge in [-0.2, -0.15) is 0 Å². The summed E-state index contributed by atoms with van der Waals surface area (Å²) in [6.45, 7) is 1.90. The number of hydrogen-bond donors (Lipinski definition) is 2. The summed E-state index contributed by atoms with van der Waals surface area (Å²) in [5.41, 5.74) is 0.796. The van der Waals surface area contributed by atoms with Gasteiger partial charge in [0.15, 0.2) is 0 Å². The Morgan fingerprint density at radius 3 is 2.21 bits per heavy atom. The van der Waals surface area contributed by atoms with Crippen LogP contribution in [0, 0.1) is 16.0 Å². The monoisotopic (exact) mass is 333 g/mol. The van der Waals surface area contributed by atoms with Gasteiger partial charge in [0, 0.05) is 38.2 Å². The molecule has 128 valence electrons. The van der Waals surface area contributed by atoms with Crippen molar-refractivity contribution < 1.29 is 14.5 Å². The first-order valence-electron chi connectivity index (χ1n) is 7.62. The van der Waals surface area contributed by atoms with Gasteiger partial charge in [-0.3, -0.25) is 10.1 Å². The predicted molar refractivity (Wildman–Crippen MR) is 85.2 cm³/mol. The van der Waals surface area contributed by atoms with Crippen LogP contribution >= 0.6 is 0 Å². The molecule has 0 unspecified atom stereocenters. The van der Waals surface area contributed by atoms with Crippen molar-refractivity contribution in [3.63, 3.8) is 0 Å². The molecule has 3 rings (SSSR count). The van der Waals surface area contributed by atoms with E-state index in [4.69, 9.17) is 0 Å². The molecule has 0 bridgehead atoms. The third-order valence-electron chi connectivity index (χ3n) is 4.85. The lowest BCUT2D eigenvalue weighted by molar-refractivity contribution is -0.384. The third-order valence-corrected chi connectivity index (χ3v) is 4.85. The van der Waals surface area contributed by atoms with Crippen LogP contribution in [0.15, 0.2) is 24.3 Å². The lowest BCUT2D eigenvalue weighted by Gasteiger charge is -2.52. The Morgan fingerprint density at radius 1 is 1.04 bits per heavy atom. The van der Waals surface area contributed by atoms with E-state index in [1.807, 2.05) is 6.92 Å². The van der Waals surface area contributed by atoms with E-state index in [0.717, 1.165) is 5.56 Å². The molecule has 0 saturated carbocycles. The summed E-state index contributed by atoms with van der Waals surface area (Å²) in [4.78, 5) is 37.7. The fourth-order valence-corrected chi connectivity index (χ4v) is 3.54. The van der Waals surface area contributed by atoms with E-state index in [-0.39, 0.29) is 35.8 Å². The molecule has 9 heteroatoms. The molecule has 2 heterocycles. The van der Waals surface area contributed by atoms with E-state index in [9.17, 15) is 19.7 Å². The largest absolute Gasteiger partial charge is 0.335 e. The Balaban J connectivity index is 2.01. The Hall–Kier alpha value is -2.84. The van der Waals surface area contributed by atoms with Crippen LogP contribution in [0.1, 0.15) is 18.5 Å². The highest BCUT2D eigenvalue weighted by Gasteiger charge is 2.49. The maximum absolute atomic E-state index is 12.3. The van der Waals surface area contributed by atoms with Gasteiger partial charge in [0.2, 0.25) is 0 Å². The van der Waals surface area contributed by atoms with Crippen LogP contribution in [0.5, 0.6) is 0 Å². The maximum atomic E-state index is 12.3.